The molecule has 1 rings (SSSR count). The summed E-state index contributed by atoms with van der Waals surface area (Å²) in [4.78, 5) is 11.6. The van der Waals surface area contributed by atoms with Crippen molar-refractivity contribution >= 4 is 16.7 Å². The molecule has 1 aromatic carbocycles. The predicted octanol–water partition coefficient (Wildman–Crippen LogP) is 0.573. The second kappa shape index (κ2) is 8.00. The molecule has 0 fully saturated rings. The van der Waals surface area contributed by atoms with Crippen LogP contribution < -0.4 is 11.1 Å². The summed E-state index contributed by atoms with van der Waals surface area (Å²) in [6.45, 7) is 1.10. The quantitative estimate of drug-likeness (QED) is 0.710. The number of carbonyl (C=O) groups excluding carboxylic acids is 1. The second-order valence-corrected chi connectivity index (χ2v) is 5.73. The zero-order chi connectivity index (χ0) is 13.4. The van der Waals surface area contributed by atoms with Gasteiger partial charge in [0.2, 0.25) is 5.91 Å². The maximum Gasteiger partial charge on any atom is 0.224 e. The van der Waals surface area contributed by atoms with Gasteiger partial charge in [0.05, 0.1) is 6.42 Å². The summed E-state index contributed by atoms with van der Waals surface area (Å²) < 4.78 is 10.8. The van der Waals surface area contributed by atoms with Gasteiger partial charge in [-0.2, -0.15) is 0 Å². The highest BCUT2D eigenvalue weighted by Crippen LogP contribution is 2.04. The van der Waals surface area contributed by atoms with Crippen molar-refractivity contribution in [3.63, 3.8) is 0 Å². The number of hydrogen-bond donors (Lipinski definition) is 2. The lowest BCUT2D eigenvalue weighted by Crippen LogP contribution is -2.26. The molecule has 0 spiro atoms. The lowest BCUT2D eigenvalue weighted by atomic mass is 10.1. The van der Waals surface area contributed by atoms with Gasteiger partial charge in [0, 0.05) is 35.9 Å². The van der Waals surface area contributed by atoms with Crippen molar-refractivity contribution in [1.82, 2.24) is 5.32 Å². The van der Waals surface area contributed by atoms with Gasteiger partial charge >= 0.3 is 0 Å². The SMILES string of the molecule is CS(=O)CCCNC(=O)Cc1ccc(CN)cc1. The van der Waals surface area contributed by atoms with Crippen LogP contribution in [0.4, 0.5) is 0 Å². The largest absolute Gasteiger partial charge is 0.356 e. The Morgan fingerprint density at radius 3 is 2.44 bits per heavy atom. The van der Waals surface area contributed by atoms with Crippen molar-refractivity contribution in [2.45, 2.75) is 19.4 Å². The maximum absolute atomic E-state index is 11.6. The van der Waals surface area contributed by atoms with E-state index in [1.807, 2.05) is 24.3 Å². The van der Waals surface area contributed by atoms with E-state index >= 15 is 0 Å². The summed E-state index contributed by atoms with van der Waals surface area (Å²) in [7, 11) is -0.785. The molecular formula is C13H20N2O2S. The van der Waals surface area contributed by atoms with E-state index in [1.54, 1.807) is 6.26 Å². The first-order valence-electron chi connectivity index (χ1n) is 5.96. The zero-order valence-electron chi connectivity index (χ0n) is 10.6. The van der Waals surface area contributed by atoms with Gasteiger partial charge < -0.3 is 11.1 Å². The molecule has 0 aliphatic heterocycles. The first kappa shape index (κ1) is 14.9. The molecule has 5 heteroatoms. The van der Waals surface area contributed by atoms with Crippen LogP contribution in [0.5, 0.6) is 0 Å². The van der Waals surface area contributed by atoms with E-state index in [2.05, 4.69) is 5.32 Å². The first-order chi connectivity index (χ1) is 8.61. The van der Waals surface area contributed by atoms with E-state index in [0.717, 1.165) is 17.5 Å². The molecule has 18 heavy (non-hydrogen) atoms. The van der Waals surface area contributed by atoms with E-state index in [-0.39, 0.29) is 5.91 Å². The molecule has 0 saturated carbocycles. The van der Waals surface area contributed by atoms with Crippen LogP contribution in [0.1, 0.15) is 17.5 Å². The van der Waals surface area contributed by atoms with Gasteiger partial charge in [0.1, 0.15) is 0 Å². The fourth-order valence-electron chi connectivity index (χ4n) is 1.54. The minimum Gasteiger partial charge on any atom is -0.356 e. The van der Waals surface area contributed by atoms with Crippen LogP contribution in [-0.2, 0) is 28.6 Å². The van der Waals surface area contributed by atoms with Gasteiger partial charge in [0.15, 0.2) is 0 Å². The number of amides is 1. The highest BCUT2D eigenvalue weighted by molar-refractivity contribution is 7.84. The summed E-state index contributed by atoms with van der Waals surface area (Å²) in [6.07, 6.45) is 2.79. The van der Waals surface area contributed by atoms with Crippen molar-refractivity contribution in [2.75, 3.05) is 18.6 Å². The Bertz CT molecular complexity index is 404. The average molecular weight is 268 g/mol. The minimum absolute atomic E-state index is 0.00242. The maximum atomic E-state index is 11.6. The molecular weight excluding hydrogens is 248 g/mol. The van der Waals surface area contributed by atoms with E-state index < -0.39 is 10.8 Å². The van der Waals surface area contributed by atoms with E-state index in [9.17, 15) is 9.00 Å². The number of carbonyl (C=O) groups is 1. The van der Waals surface area contributed by atoms with E-state index in [0.29, 0.717) is 25.3 Å². The molecule has 0 radical (unpaired) electrons. The zero-order valence-corrected chi connectivity index (χ0v) is 11.5. The van der Waals surface area contributed by atoms with Crippen LogP contribution in [0.15, 0.2) is 24.3 Å². The van der Waals surface area contributed by atoms with Gasteiger partial charge in [-0.1, -0.05) is 24.3 Å². The van der Waals surface area contributed by atoms with Crippen LogP contribution in [0.25, 0.3) is 0 Å². The molecule has 3 N–H and O–H groups in total. The molecule has 0 heterocycles. The average Bonchev–Trinajstić information content (AvgIpc) is 2.35. The monoisotopic (exact) mass is 268 g/mol. The van der Waals surface area contributed by atoms with Crippen LogP contribution in [0, 0.1) is 0 Å². The molecule has 0 aliphatic rings. The summed E-state index contributed by atoms with van der Waals surface area (Å²) >= 11 is 0. The Hall–Kier alpha value is -1.20. The summed E-state index contributed by atoms with van der Waals surface area (Å²) in [6, 6.07) is 7.71. The fourth-order valence-corrected chi connectivity index (χ4v) is 2.10. The first-order valence-corrected chi connectivity index (χ1v) is 7.69. The van der Waals surface area contributed by atoms with Crippen LogP contribution in [0.2, 0.25) is 0 Å². The normalized spacial score (nSPS) is 12.1. The Morgan fingerprint density at radius 1 is 1.28 bits per heavy atom. The number of nitrogens with one attached hydrogen (secondary N) is 1. The number of benzene rings is 1. The van der Waals surface area contributed by atoms with Gasteiger partial charge in [-0.25, -0.2) is 0 Å². The second-order valence-electron chi connectivity index (χ2n) is 4.18. The Labute approximate surface area is 110 Å². The number of nitrogens with two attached hydrogens (primary N) is 1. The molecule has 4 nitrogen and oxygen atoms in total. The van der Waals surface area contributed by atoms with Crippen LogP contribution >= 0.6 is 0 Å². The molecule has 1 atom stereocenters. The summed E-state index contributed by atoms with van der Waals surface area (Å²) in [5.41, 5.74) is 7.54. The van der Waals surface area contributed by atoms with E-state index in [4.69, 9.17) is 5.73 Å². The van der Waals surface area contributed by atoms with Gasteiger partial charge in [0.25, 0.3) is 0 Å². The predicted molar refractivity (Wildman–Crippen MR) is 74.6 cm³/mol. The summed E-state index contributed by atoms with van der Waals surface area (Å²) in [5, 5.41) is 2.82. The van der Waals surface area contributed by atoms with Gasteiger partial charge in [-0.05, 0) is 17.5 Å². The molecule has 0 aliphatic carbocycles. The molecule has 1 unspecified atom stereocenters. The van der Waals surface area contributed by atoms with Crippen molar-refractivity contribution in [3.05, 3.63) is 35.4 Å². The smallest absolute Gasteiger partial charge is 0.224 e. The Kier molecular flexibility index (Phi) is 6.60. The third kappa shape index (κ3) is 5.93. The highest BCUT2D eigenvalue weighted by Gasteiger charge is 2.03. The molecule has 0 bridgehead atoms. The summed E-state index contributed by atoms with van der Waals surface area (Å²) in [5.74, 6) is 0.628. The van der Waals surface area contributed by atoms with Crippen molar-refractivity contribution in [3.8, 4) is 0 Å². The molecule has 1 amide bonds. The lowest BCUT2D eigenvalue weighted by molar-refractivity contribution is -0.120. The standard InChI is InChI=1S/C13H20N2O2S/c1-18(17)8-2-7-15-13(16)9-11-3-5-12(10-14)6-4-11/h3-6H,2,7-10,14H2,1H3,(H,15,16). The minimum atomic E-state index is -0.785. The third-order valence-electron chi connectivity index (χ3n) is 2.55. The Morgan fingerprint density at radius 2 is 1.89 bits per heavy atom. The molecule has 0 saturated heterocycles. The van der Waals surface area contributed by atoms with Crippen LogP contribution in [0.3, 0.4) is 0 Å². The number of rotatable bonds is 7. The molecule has 0 aromatic heterocycles. The molecule has 1 aromatic rings. The third-order valence-corrected chi connectivity index (χ3v) is 3.42. The van der Waals surface area contributed by atoms with Gasteiger partial charge in [-0.15, -0.1) is 0 Å². The van der Waals surface area contributed by atoms with Gasteiger partial charge in [-0.3, -0.25) is 9.00 Å². The van der Waals surface area contributed by atoms with E-state index in [1.165, 1.54) is 0 Å². The lowest BCUT2D eigenvalue weighted by Gasteiger charge is -2.05. The Balaban J connectivity index is 2.28. The topological polar surface area (TPSA) is 72.2 Å². The fraction of sp³-hybridized carbons (Fsp3) is 0.462. The van der Waals surface area contributed by atoms with Crippen molar-refractivity contribution in [1.29, 1.82) is 0 Å². The highest BCUT2D eigenvalue weighted by atomic mass is 32.2. The van der Waals surface area contributed by atoms with Crippen molar-refractivity contribution < 1.29 is 9.00 Å². The number of hydrogen-bond acceptors (Lipinski definition) is 3. The molecule has 100 valence electrons. The van der Waals surface area contributed by atoms with Crippen LogP contribution in [-0.4, -0.2) is 28.7 Å². The van der Waals surface area contributed by atoms with Crippen molar-refractivity contribution in [2.24, 2.45) is 5.73 Å².